The Morgan fingerprint density at radius 1 is 1.04 bits per heavy atom. The van der Waals surface area contributed by atoms with Crippen LogP contribution in [-0.2, 0) is 14.3 Å². The van der Waals surface area contributed by atoms with E-state index in [9.17, 15) is 19.7 Å². The SMILES string of the molecule is O=C(COC(=O)COc1ccc(Cl)cc1)Nc1ccc([N+](=O)[O-])cc1. The summed E-state index contributed by atoms with van der Waals surface area (Å²) in [7, 11) is 0. The van der Waals surface area contributed by atoms with Gasteiger partial charge in [-0.05, 0) is 36.4 Å². The summed E-state index contributed by atoms with van der Waals surface area (Å²) in [5, 5.41) is 13.5. The maximum atomic E-state index is 11.7. The van der Waals surface area contributed by atoms with Gasteiger partial charge in [-0.3, -0.25) is 14.9 Å². The predicted molar refractivity (Wildman–Crippen MR) is 89.6 cm³/mol. The average Bonchev–Trinajstić information content (AvgIpc) is 2.60. The fraction of sp³-hybridized carbons (Fsp3) is 0.125. The summed E-state index contributed by atoms with van der Waals surface area (Å²) in [5.74, 6) is -0.848. The molecule has 9 heteroatoms. The Labute approximate surface area is 147 Å². The van der Waals surface area contributed by atoms with Gasteiger partial charge in [-0.15, -0.1) is 0 Å². The lowest BCUT2D eigenvalue weighted by molar-refractivity contribution is -0.384. The number of esters is 1. The third kappa shape index (κ3) is 6.11. The molecule has 0 saturated carbocycles. The fourth-order valence-corrected chi connectivity index (χ4v) is 1.85. The lowest BCUT2D eigenvalue weighted by atomic mass is 10.3. The van der Waals surface area contributed by atoms with Crippen LogP contribution in [0, 0.1) is 10.1 Å². The molecule has 8 nitrogen and oxygen atoms in total. The smallest absolute Gasteiger partial charge is 0.344 e. The lowest BCUT2D eigenvalue weighted by Crippen LogP contribution is -2.23. The van der Waals surface area contributed by atoms with E-state index in [0.29, 0.717) is 16.5 Å². The van der Waals surface area contributed by atoms with E-state index in [1.807, 2.05) is 0 Å². The van der Waals surface area contributed by atoms with Crippen LogP contribution in [0.5, 0.6) is 5.75 Å². The molecule has 0 aliphatic heterocycles. The molecule has 0 heterocycles. The van der Waals surface area contributed by atoms with Crippen LogP contribution in [0.25, 0.3) is 0 Å². The normalized spacial score (nSPS) is 9.96. The first kappa shape index (κ1) is 18.2. The number of nitrogens with zero attached hydrogens (tertiary/aromatic N) is 1. The molecule has 1 amide bonds. The van der Waals surface area contributed by atoms with Crippen molar-refractivity contribution < 1.29 is 24.0 Å². The highest BCUT2D eigenvalue weighted by Crippen LogP contribution is 2.16. The second-order valence-corrected chi connectivity index (χ2v) is 5.19. The zero-order valence-electron chi connectivity index (χ0n) is 12.8. The molecule has 130 valence electrons. The number of hydrogen-bond acceptors (Lipinski definition) is 6. The number of benzene rings is 2. The molecule has 0 spiro atoms. The van der Waals surface area contributed by atoms with Gasteiger partial charge in [-0.2, -0.15) is 0 Å². The maximum Gasteiger partial charge on any atom is 0.344 e. The van der Waals surface area contributed by atoms with Crippen LogP contribution in [-0.4, -0.2) is 30.0 Å². The van der Waals surface area contributed by atoms with Gasteiger partial charge in [0.1, 0.15) is 5.75 Å². The lowest BCUT2D eigenvalue weighted by Gasteiger charge is -2.08. The quantitative estimate of drug-likeness (QED) is 0.460. The number of anilines is 1. The maximum absolute atomic E-state index is 11.7. The molecule has 0 atom stereocenters. The molecule has 0 bridgehead atoms. The zero-order chi connectivity index (χ0) is 18.2. The van der Waals surface area contributed by atoms with Crippen LogP contribution in [0.2, 0.25) is 5.02 Å². The van der Waals surface area contributed by atoms with Crippen LogP contribution in [0.3, 0.4) is 0 Å². The molecule has 2 aromatic rings. The van der Waals surface area contributed by atoms with Crippen molar-refractivity contribution in [1.82, 2.24) is 0 Å². The molecule has 25 heavy (non-hydrogen) atoms. The number of amides is 1. The Balaban J connectivity index is 1.72. The molecule has 0 unspecified atom stereocenters. The van der Waals surface area contributed by atoms with Crippen molar-refractivity contribution in [3.8, 4) is 5.75 Å². The van der Waals surface area contributed by atoms with Crippen LogP contribution in [0.4, 0.5) is 11.4 Å². The number of carbonyl (C=O) groups excluding carboxylic acids is 2. The molecule has 0 aliphatic carbocycles. The topological polar surface area (TPSA) is 108 Å². The summed E-state index contributed by atoms with van der Waals surface area (Å²) < 4.78 is 9.95. The van der Waals surface area contributed by atoms with E-state index in [-0.39, 0.29) is 12.3 Å². The fourth-order valence-electron chi connectivity index (χ4n) is 1.72. The summed E-state index contributed by atoms with van der Waals surface area (Å²) in [6.07, 6.45) is 0. The largest absolute Gasteiger partial charge is 0.482 e. The minimum Gasteiger partial charge on any atom is -0.482 e. The number of halogens is 1. The first-order chi connectivity index (χ1) is 11.9. The van der Waals surface area contributed by atoms with Gasteiger partial charge in [0, 0.05) is 22.8 Å². The highest BCUT2D eigenvalue weighted by Gasteiger charge is 2.10. The van der Waals surface area contributed by atoms with Crippen molar-refractivity contribution in [2.75, 3.05) is 18.5 Å². The van der Waals surface area contributed by atoms with Gasteiger partial charge < -0.3 is 14.8 Å². The predicted octanol–water partition coefficient (Wildman–Crippen LogP) is 2.81. The summed E-state index contributed by atoms with van der Waals surface area (Å²) in [4.78, 5) is 33.2. The van der Waals surface area contributed by atoms with E-state index in [1.165, 1.54) is 24.3 Å². The van der Waals surface area contributed by atoms with Crippen molar-refractivity contribution in [3.05, 3.63) is 63.7 Å². The van der Waals surface area contributed by atoms with Crippen molar-refractivity contribution in [3.63, 3.8) is 0 Å². The number of nitro groups is 1. The van der Waals surface area contributed by atoms with Crippen molar-refractivity contribution in [1.29, 1.82) is 0 Å². The van der Waals surface area contributed by atoms with E-state index in [0.717, 1.165) is 0 Å². The number of rotatable bonds is 7. The Bertz CT molecular complexity index is 761. The van der Waals surface area contributed by atoms with E-state index >= 15 is 0 Å². The van der Waals surface area contributed by atoms with Gasteiger partial charge in [-0.25, -0.2) is 4.79 Å². The molecule has 2 aromatic carbocycles. The number of carbonyl (C=O) groups is 2. The number of non-ortho nitro benzene ring substituents is 1. The standard InChI is InChI=1S/C16H13ClN2O6/c17-11-1-7-14(8-2-11)24-10-16(21)25-9-15(20)18-12-3-5-13(6-4-12)19(22)23/h1-8H,9-10H2,(H,18,20). The van der Waals surface area contributed by atoms with Crippen molar-refractivity contribution in [2.45, 2.75) is 0 Å². The summed E-state index contributed by atoms with van der Waals surface area (Å²) in [5.41, 5.74) is 0.257. The number of nitro benzene ring substituents is 1. The zero-order valence-corrected chi connectivity index (χ0v) is 13.6. The highest BCUT2D eigenvalue weighted by molar-refractivity contribution is 6.30. The summed E-state index contributed by atoms with van der Waals surface area (Å²) in [6.45, 7) is -0.855. The minimum atomic E-state index is -0.714. The van der Waals surface area contributed by atoms with E-state index in [2.05, 4.69) is 5.32 Å². The van der Waals surface area contributed by atoms with Gasteiger partial charge in [0.25, 0.3) is 11.6 Å². The highest BCUT2D eigenvalue weighted by atomic mass is 35.5. The average molecular weight is 365 g/mol. The first-order valence-electron chi connectivity index (χ1n) is 7.02. The van der Waals surface area contributed by atoms with Gasteiger partial charge in [0.15, 0.2) is 13.2 Å². The Morgan fingerprint density at radius 3 is 2.28 bits per heavy atom. The van der Waals surface area contributed by atoms with Gasteiger partial charge in [0.05, 0.1) is 4.92 Å². The Morgan fingerprint density at radius 2 is 1.68 bits per heavy atom. The number of ether oxygens (including phenoxy) is 2. The molecule has 0 fully saturated rings. The second-order valence-electron chi connectivity index (χ2n) is 4.76. The van der Waals surface area contributed by atoms with E-state index in [4.69, 9.17) is 21.1 Å². The van der Waals surface area contributed by atoms with E-state index < -0.39 is 23.4 Å². The first-order valence-corrected chi connectivity index (χ1v) is 7.40. The Hall–Kier alpha value is -3.13. The number of nitrogens with one attached hydrogen (secondary N) is 1. The third-order valence-corrected chi connectivity index (χ3v) is 3.15. The minimum absolute atomic E-state index is 0.0937. The van der Waals surface area contributed by atoms with Gasteiger partial charge in [-0.1, -0.05) is 11.6 Å². The number of hydrogen-bond donors (Lipinski definition) is 1. The van der Waals surface area contributed by atoms with Crippen LogP contribution >= 0.6 is 11.6 Å². The molecular formula is C16H13ClN2O6. The molecule has 2 rings (SSSR count). The second kappa shape index (κ2) is 8.65. The van der Waals surface area contributed by atoms with Crippen LogP contribution in [0.1, 0.15) is 0 Å². The van der Waals surface area contributed by atoms with Crippen LogP contribution in [0.15, 0.2) is 48.5 Å². The van der Waals surface area contributed by atoms with E-state index in [1.54, 1.807) is 24.3 Å². The van der Waals surface area contributed by atoms with Gasteiger partial charge >= 0.3 is 5.97 Å². The van der Waals surface area contributed by atoms with Crippen LogP contribution < -0.4 is 10.1 Å². The molecule has 0 aliphatic rings. The van der Waals surface area contributed by atoms with Crippen molar-refractivity contribution >= 4 is 34.9 Å². The molecule has 0 aromatic heterocycles. The van der Waals surface area contributed by atoms with Gasteiger partial charge in [0.2, 0.25) is 0 Å². The third-order valence-electron chi connectivity index (χ3n) is 2.90. The monoisotopic (exact) mass is 364 g/mol. The molecule has 0 saturated heterocycles. The Kier molecular flexibility index (Phi) is 6.30. The van der Waals surface area contributed by atoms with Crippen molar-refractivity contribution in [2.24, 2.45) is 0 Å². The molecular weight excluding hydrogens is 352 g/mol. The molecule has 1 N–H and O–H groups in total. The summed E-state index contributed by atoms with van der Waals surface area (Å²) in [6, 6.07) is 11.7. The molecule has 0 radical (unpaired) electrons. The summed E-state index contributed by atoms with van der Waals surface area (Å²) >= 11 is 5.72.